The van der Waals surface area contributed by atoms with E-state index in [4.69, 9.17) is 4.74 Å². The molecule has 0 spiro atoms. The normalized spacial score (nSPS) is 17.3. The van der Waals surface area contributed by atoms with Crippen LogP contribution in [0, 0.1) is 12.7 Å². The number of aryl methyl sites for hydroxylation is 1. The second-order valence-corrected chi connectivity index (χ2v) is 8.49. The number of hydrogen-bond acceptors (Lipinski definition) is 5. The zero-order chi connectivity index (χ0) is 24.5. The van der Waals surface area contributed by atoms with E-state index in [1.807, 2.05) is 31.2 Å². The summed E-state index contributed by atoms with van der Waals surface area (Å²) >= 11 is 0. The molecular formula is C25H25FN4O4. The van der Waals surface area contributed by atoms with Crippen molar-refractivity contribution in [3.8, 4) is 0 Å². The summed E-state index contributed by atoms with van der Waals surface area (Å²) < 4.78 is 20.7. The monoisotopic (exact) mass is 464 g/mol. The predicted molar refractivity (Wildman–Crippen MR) is 121 cm³/mol. The number of esters is 1. The van der Waals surface area contributed by atoms with Crippen LogP contribution in [0.15, 0.2) is 54.9 Å². The summed E-state index contributed by atoms with van der Waals surface area (Å²) in [5.74, 6) is -2.28. The van der Waals surface area contributed by atoms with Gasteiger partial charge in [-0.2, -0.15) is 0 Å². The van der Waals surface area contributed by atoms with Crippen molar-refractivity contribution >= 4 is 17.8 Å². The van der Waals surface area contributed by atoms with Gasteiger partial charge in [0, 0.05) is 12.1 Å². The fraction of sp³-hybridized carbons (Fsp3) is 0.280. The second-order valence-electron chi connectivity index (χ2n) is 8.49. The maximum absolute atomic E-state index is 14.5. The summed E-state index contributed by atoms with van der Waals surface area (Å²) in [5, 5.41) is 2.90. The molecule has 0 saturated heterocycles. The molecule has 2 heterocycles. The van der Waals surface area contributed by atoms with Crippen molar-refractivity contribution in [2.45, 2.75) is 39.0 Å². The minimum Gasteiger partial charge on any atom is -0.464 e. The van der Waals surface area contributed by atoms with E-state index in [9.17, 15) is 18.8 Å². The van der Waals surface area contributed by atoms with Gasteiger partial charge in [-0.3, -0.25) is 9.59 Å². The average molecular weight is 464 g/mol. The number of ether oxygens (including phenoxy) is 1. The fourth-order valence-electron chi connectivity index (χ4n) is 4.06. The van der Waals surface area contributed by atoms with Gasteiger partial charge >= 0.3 is 5.97 Å². The third-order valence-corrected chi connectivity index (χ3v) is 6.09. The van der Waals surface area contributed by atoms with Crippen molar-refractivity contribution in [2.24, 2.45) is 0 Å². The first-order valence-electron chi connectivity index (χ1n) is 10.8. The number of methoxy groups -OCH3 is 1. The molecule has 3 aromatic rings. The highest BCUT2D eigenvalue weighted by molar-refractivity contribution is 6.06. The minimum atomic E-state index is -1.37. The third-order valence-electron chi connectivity index (χ3n) is 6.09. The van der Waals surface area contributed by atoms with Gasteiger partial charge in [0.05, 0.1) is 26.5 Å². The molecule has 4 rings (SSSR count). The van der Waals surface area contributed by atoms with Gasteiger partial charge in [-0.1, -0.05) is 48.0 Å². The summed E-state index contributed by atoms with van der Waals surface area (Å²) in [4.78, 5) is 44.6. The Morgan fingerprint density at radius 2 is 1.88 bits per heavy atom. The van der Waals surface area contributed by atoms with Crippen LogP contribution in [0.4, 0.5) is 4.39 Å². The van der Waals surface area contributed by atoms with Crippen LogP contribution in [0.2, 0.25) is 0 Å². The molecule has 0 radical (unpaired) electrons. The van der Waals surface area contributed by atoms with Crippen molar-refractivity contribution in [1.82, 2.24) is 19.8 Å². The molecule has 1 N–H and O–H groups in total. The molecule has 2 amide bonds. The van der Waals surface area contributed by atoms with Crippen LogP contribution in [0.1, 0.15) is 44.6 Å². The van der Waals surface area contributed by atoms with Crippen LogP contribution in [-0.4, -0.2) is 44.9 Å². The molecule has 8 nitrogen and oxygen atoms in total. The molecule has 0 fully saturated rings. The highest BCUT2D eigenvalue weighted by Gasteiger charge is 2.49. The van der Waals surface area contributed by atoms with E-state index >= 15 is 0 Å². The molecule has 1 aromatic heterocycles. The summed E-state index contributed by atoms with van der Waals surface area (Å²) in [6.07, 6.45) is 1.34. The number of nitrogens with one attached hydrogen (secondary N) is 1. The standard InChI is InChI=1S/C25H25FN4O4/c1-16-8-10-17(11-9-16)12-27-24(33)25(2)14-29-15-28-20(23(32)34-3)21(29)22(31)30(25)13-18-6-4-5-7-19(18)26/h4-11,15H,12-14H2,1-3H3,(H,27,33). The Kier molecular flexibility index (Phi) is 6.19. The summed E-state index contributed by atoms with van der Waals surface area (Å²) in [5.41, 5.74) is 0.748. The van der Waals surface area contributed by atoms with E-state index in [0.29, 0.717) is 0 Å². The lowest BCUT2D eigenvalue weighted by Crippen LogP contribution is -2.63. The topological polar surface area (TPSA) is 93.5 Å². The molecule has 2 aromatic carbocycles. The minimum absolute atomic E-state index is 0.00648. The van der Waals surface area contributed by atoms with Crippen molar-refractivity contribution in [1.29, 1.82) is 0 Å². The first-order chi connectivity index (χ1) is 16.2. The first kappa shape index (κ1) is 23.2. The number of nitrogens with zero attached hydrogens (tertiary/aromatic N) is 3. The van der Waals surface area contributed by atoms with Gasteiger partial charge in [0.2, 0.25) is 5.91 Å². The average Bonchev–Trinajstić information content (AvgIpc) is 3.25. The van der Waals surface area contributed by atoms with Gasteiger partial charge in [-0.15, -0.1) is 0 Å². The molecule has 1 aliphatic rings. The second kappa shape index (κ2) is 9.09. The maximum atomic E-state index is 14.5. The van der Waals surface area contributed by atoms with Crippen molar-refractivity contribution in [2.75, 3.05) is 7.11 Å². The molecule has 34 heavy (non-hydrogen) atoms. The first-order valence-corrected chi connectivity index (χ1v) is 10.8. The Balaban J connectivity index is 1.70. The number of carbonyl (C=O) groups excluding carboxylic acids is 3. The van der Waals surface area contributed by atoms with Crippen LogP contribution in [-0.2, 0) is 29.2 Å². The van der Waals surface area contributed by atoms with Gasteiger partial charge < -0.3 is 19.5 Å². The molecule has 0 aliphatic carbocycles. The number of rotatable bonds is 6. The number of amides is 2. The number of aromatic nitrogens is 2. The molecule has 1 atom stereocenters. The zero-order valence-corrected chi connectivity index (χ0v) is 19.2. The van der Waals surface area contributed by atoms with Gasteiger partial charge in [0.25, 0.3) is 5.91 Å². The molecule has 1 unspecified atom stereocenters. The maximum Gasteiger partial charge on any atom is 0.359 e. The Hall–Kier alpha value is -4.01. The third kappa shape index (κ3) is 4.16. The largest absolute Gasteiger partial charge is 0.464 e. The van der Waals surface area contributed by atoms with E-state index < -0.39 is 29.1 Å². The molecule has 176 valence electrons. The van der Waals surface area contributed by atoms with Gasteiger partial charge in [-0.25, -0.2) is 14.2 Å². The van der Waals surface area contributed by atoms with Gasteiger partial charge in [0.15, 0.2) is 5.69 Å². The van der Waals surface area contributed by atoms with Crippen molar-refractivity contribution in [3.05, 3.63) is 88.8 Å². The number of imidazole rings is 1. The molecule has 0 saturated carbocycles. The van der Waals surface area contributed by atoms with Crippen LogP contribution < -0.4 is 5.32 Å². The molecule has 1 aliphatic heterocycles. The highest BCUT2D eigenvalue weighted by atomic mass is 19.1. The van der Waals surface area contributed by atoms with Crippen molar-refractivity contribution in [3.63, 3.8) is 0 Å². The molecule has 0 bridgehead atoms. The lowest BCUT2D eigenvalue weighted by Gasteiger charge is -2.43. The number of carbonyl (C=O) groups is 3. The number of fused-ring (bicyclic) bond motifs is 1. The molecule has 9 heteroatoms. The summed E-state index contributed by atoms with van der Waals surface area (Å²) in [6.45, 7) is 3.73. The van der Waals surface area contributed by atoms with Crippen LogP contribution >= 0.6 is 0 Å². The Morgan fingerprint density at radius 3 is 2.56 bits per heavy atom. The number of halogens is 1. The van der Waals surface area contributed by atoms with E-state index in [2.05, 4.69) is 10.3 Å². The summed E-state index contributed by atoms with van der Waals surface area (Å²) in [6, 6.07) is 13.8. The predicted octanol–water partition coefficient (Wildman–Crippen LogP) is 2.85. The van der Waals surface area contributed by atoms with E-state index in [0.717, 1.165) is 11.1 Å². The van der Waals surface area contributed by atoms with Crippen LogP contribution in [0.25, 0.3) is 0 Å². The number of benzene rings is 2. The van der Waals surface area contributed by atoms with E-state index in [1.165, 1.54) is 29.0 Å². The smallest absolute Gasteiger partial charge is 0.359 e. The SMILES string of the molecule is COC(=O)c1ncn2c1C(=O)N(Cc1ccccc1F)C(C)(C(=O)NCc1ccc(C)cc1)C2. The van der Waals surface area contributed by atoms with E-state index in [1.54, 1.807) is 25.1 Å². The fourth-order valence-corrected chi connectivity index (χ4v) is 4.06. The lowest BCUT2D eigenvalue weighted by molar-refractivity contribution is -0.133. The lowest BCUT2D eigenvalue weighted by atomic mass is 9.93. The Bertz CT molecular complexity index is 1250. The van der Waals surface area contributed by atoms with Crippen LogP contribution in [0.5, 0.6) is 0 Å². The highest BCUT2D eigenvalue weighted by Crippen LogP contribution is 2.31. The van der Waals surface area contributed by atoms with E-state index in [-0.39, 0.29) is 36.6 Å². The number of hydrogen-bond donors (Lipinski definition) is 1. The van der Waals surface area contributed by atoms with Gasteiger partial charge in [-0.05, 0) is 25.5 Å². The van der Waals surface area contributed by atoms with Crippen molar-refractivity contribution < 1.29 is 23.5 Å². The quantitative estimate of drug-likeness (QED) is 0.567. The van der Waals surface area contributed by atoms with Crippen LogP contribution in [0.3, 0.4) is 0 Å². The van der Waals surface area contributed by atoms with Gasteiger partial charge in [0.1, 0.15) is 17.1 Å². The Morgan fingerprint density at radius 1 is 1.18 bits per heavy atom. The molecular weight excluding hydrogens is 439 g/mol. The summed E-state index contributed by atoms with van der Waals surface area (Å²) in [7, 11) is 1.20. The zero-order valence-electron chi connectivity index (χ0n) is 19.2. The Labute approximate surface area is 196 Å².